The molecule has 0 spiro atoms. The van der Waals surface area contributed by atoms with Crippen molar-refractivity contribution in [1.82, 2.24) is 10.6 Å². The molecule has 2 rings (SSSR count). The Hall–Kier alpha value is -0.120. The predicted molar refractivity (Wildman–Crippen MR) is 57.2 cm³/mol. The normalized spacial score (nSPS) is 30.2. The second kappa shape index (κ2) is 5.10. The standard InChI is InChI=1S/C11H22N2O/c14-7-5-11(13-10-3-4-10)9-2-1-6-12-8-9/h9-14H,1-8H2/t9-,11+/m0/s1. The molecule has 1 aliphatic carbocycles. The van der Waals surface area contributed by atoms with Crippen molar-refractivity contribution in [2.24, 2.45) is 5.92 Å². The quantitative estimate of drug-likeness (QED) is 0.602. The van der Waals surface area contributed by atoms with Crippen molar-refractivity contribution in [3.63, 3.8) is 0 Å². The molecular weight excluding hydrogens is 176 g/mol. The zero-order chi connectivity index (χ0) is 9.80. The van der Waals surface area contributed by atoms with E-state index in [0.29, 0.717) is 12.6 Å². The van der Waals surface area contributed by atoms with Crippen molar-refractivity contribution in [3.05, 3.63) is 0 Å². The molecule has 2 fully saturated rings. The molecule has 2 aliphatic rings. The third kappa shape index (κ3) is 2.94. The van der Waals surface area contributed by atoms with Gasteiger partial charge in [-0.2, -0.15) is 0 Å². The molecule has 1 saturated heterocycles. The van der Waals surface area contributed by atoms with Crippen LogP contribution in [0.5, 0.6) is 0 Å². The maximum absolute atomic E-state index is 9.04. The summed E-state index contributed by atoms with van der Waals surface area (Å²) in [6, 6.07) is 1.30. The summed E-state index contributed by atoms with van der Waals surface area (Å²) in [5, 5.41) is 16.1. The molecule has 0 unspecified atom stereocenters. The number of piperidine rings is 1. The van der Waals surface area contributed by atoms with Crippen LogP contribution in [-0.2, 0) is 0 Å². The summed E-state index contributed by atoms with van der Waals surface area (Å²) in [7, 11) is 0. The minimum absolute atomic E-state index is 0.320. The predicted octanol–water partition coefficient (Wildman–Crippen LogP) is 0.489. The van der Waals surface area contributed by atoms with Crippen molar-refractivity contribution in [2.45, 2.75) is 44.2 Å². The van der Waals surface area contributed by atoms with Gasteiger partial charge in [0, 0.05) is 18.7 Å². The van der Waals surface area contributed by atoms with E-state index in [1.165, 1.54) is 32.2 Å². The topological polar surface area (TPSA) is 44.3 Å². The van der Waals surface area contributed by atoms with Gasteiger partial charge in [0.25, 0.3) is 0 Å². The number of rotatable bonds is 5. The Labute approximate surface area is 86.3 Å². The summed E-state index contributed by atoms with van der Waals surface area (Å²) in [6.07, 6.45) is 6.20. The van der Waals surface area contributed by atoms with E-state index in [1.54, 1.807) is 0 Å². The maximum Gasteiger partial charge on any atom is 0.0445 e. The van der Waals surface area contributed by atoms with Crippen molar-refractivity contribution in [2.75, 3.05) is 19.7 Å². The van der Waals surface area contributed by atoms with Crippen LogP contribution in [0.3, 0.4) is 0 Å². The van der Waals surface area contributed by atoms with E-state index in [0.717, 1.165) is 24.9 Å². The van der Waals surface area contributed by atoms with Crippen LogP contribution in [-0.4, -0.2) is 36.9 Å². The summed E-state index contributed by atoms with van der Waals surface area (Å²) in [4.78, 5) is 0. The van der Waals surface area contributed by atoms with E-state index in [-0.39, 0.29) is 0 Å². The molecule has 1 aliphatic heterocycles. The van der Waals surface area contributed by atoms with Gasteiger partial charge in [-0.15, -0.1) is 0 Å². The average Bonchev–Trinajstić information content (AvgIpc) is 3.03. The van der Waals surface area contributed by atoms with Crippen molar-refractivity contribution < 1.29 is 5.11 Å². The Bertz CT molecular complexity index is 165. The molecule has 0 radical (unpaired) electrons. The molecule has 14 heavy (non-hydrogen) atoms. The number of hydrogen-bond acceptors (Lipinski definition) is 3. The second-order valence-corrected chi connectivity index (χ2v) is 4.67. The van der Waals surface area contributed by atoms with Gasteiger partial charge >= 0.3 is 0 Å². The van der Waals surface area contributed by atoms with Crippen LogP contribution in [0.4, 0.5) is 0 Å². The van der Waals surface area contributed by atoms with Gasteiger partial charge in [-0.1, -0.05) is 0 Å². The minimum atomic E-state index is 0.320. The van der Waals surface area contributed by atoms with Crippen molar-refractivity contribution in [3.8, 4) is 0 Å². The zero-order valence-electron chi connectivity index (χ0n) is 8.84. The van der Waals surface area contributed by atoms with E-state index in [1.807, 2.05) is 0 Å². The Balaban J connectivity index is 1.79. The van der Waals surface area contributed by atoms with Crippen LogP contribution in [0.25, 0.3) is 0 Å². The lowest BCUT2D eigenvalue weighted by atomic mass is 9.90. The molecule has 3 N–H and O–H groups in total. The Morgan fingerprint density at radius 2 is 2.21 bits per heavy atom. The van der Waals surface area contributed by atoms with Gasteiger partial charge in [-0.25, -0.2) is 0 Å². The molecule has 0 aromatic carbocycles. The lowest BCUT2D eigenvalue weighted by Crippen LogP contribution is -2.45. The minimum Gasteiger partial charge on any atom is -0.396 e. The van der Waals surface area contributed by atoms with Gasteiger partial charge < -0.3 is 15.7 Å². The number of aliphatic hydroxyl groups is 1. The monoisotopic (exact) mass is 198 g/mol. The highest BCUT2D eigenvalue weighted by Gasteiger charge is 2.29. The van der Waals surface area contributed by atoms with Gasteiger partial charge in [0.1, 0.15) is 0 Å². The number of hydrogen-bond donors (Lipinski definition) is 3. The van der Waals surface area contributed by atoms with Gasteiger partial charge in [-0.3, -0.25) is 0 Å². The average molecular weight is 198 g/mol. The highest BCUT2D eigenvalue weighted by molar-refractivity contribution is 4.89. The van der Waals surface area contributed by atoms with Gasteiger partial charge in [-0.05, 0) is 51.1 Å². The van der Waals surface area contributed by atoms with Crippen LogP contribution in [0.2, 0.25) is 0 Å². The molecule has 2 atom stereocenters. The van der Waals surface area contributed by atoms with E-state index in [2.05, 4.69) is 10.6 Å². The Kier molecular flexibility index (Phi) is 3.79. The van der Waals surface area contributed by atoms with Crippen LogP contribution in [0.1, 0.15) is 32.1 Å². The molecule has 1 saturated carbocycles. The zero-order valence-corrected chi connectivity index (χ0v) is 8.84. The van der Waals surface area contributed by atoms with Crippen molar-refractivity contribution in [1.29, 1.82) is 0 Å². The molecule has 82 valence electrons. The summed E-state index contributed by atoms with van der Waals surface area (Å²) in [5.41, 5.74) is 0. The Morgan fingerprint density at radius 1 is 1.36 bits per heavy atom. The van der Waals surface area contributed by atoms with Crippen molar-refractivity contribution >= 4 is 0 Å². The molecule has 1 heterocycles. The molecule has 0 aromatic heterocycles. The first kappa shape index (κ1) is 10.4. The fourth-order valence-corrected chi connectivity index (χ4v) is 2.37. The first-order valence-corrected chi connectivity index (χ1v) is 5.98. The van der Waals surface area contributed by atoms with E-state index in [9.17, 15) is 0 Å². The van der Waals surface area contributed by atoms with Crippen LogP contribution < -0.4 is 10.6 Å². The van der Waals surface area contributed by atoms with Crippen LogP contribution >= 0.6 is 0 Å². The lowest BCUT2D eigenvalue weighted by molar-refractivity contribution is 0.213. The van der Waals surface area contributed by atoms with Crippen LogP contribution in [0, 0.1) is 5.92 Å². The van der Waals surface area contributed by atoms with E-state index < -0.39 is 0 Å². The highest BCUT2D eigenvalue weighted by atomic mass is 16.3. The second-order valence-electron chi connectivity index (χ2n) is 4.67. The molecule has 3 nitrogen and oxygen atoms in total. The number of nitrogens with one attached hydrogen (secondary N) is 2. The van der Waals surface area contributed by atoms with Gasteiger partial charge in [0.05, 0.1) is 0 Å². The largest absolute Gasteiger partial charge is 0.396 e. The third-order valence-electron chi connectivity index (χ3n) is 3.37. The summed E-state index contributed by atoms with van der Waals surface area (Å²) < 4.78 is 0. The molecule has 3 heteroatoms. The smallest absolute Gasteiger partial charge is 0.0445 e. The fourth-order valence-electron chi connectivity index (χ4n) is 2.37. The van der Waals surface area contributed by atoms with Crippen LogP contribution in [0.15, 0.2) is 0 Å². The first-order valence-electron chi connectivity index (χ1n) is 5.98. The molecule has 0 amide bonds. The van der Waals surface area contributed by atoms with Gasteiger partial charge in [0.15, 0.2) is 0 Å². The number of aliphatic hydroxyl groups excluding tert-OH is 1. The SMILES string of the molecule is OCC[C@@H](NC1CC1)[C@H]1CCCNC1. The molecule has 0 bridgehead atoms. The van der Waals surface area contributed by atoms with E-state index in [4.69, 9.17) is 5.11 Å². The fraction of sp³-hybridized carbons (Fsp3) is 1.00. The Morgan fingerprint density at radius 3 is 2.79 bits per heavy atom. The molecule has 0 aromatic rings. The van der Waals surface area contributed by atoms with E-state index >= 15 is 0 Å². The first-order chi connectivity index (χ1) is 6.90. The maximum atomic E-state index is 9.04. The summed E-state index contributed by atoms with van der Waals surface area (Å²) >= 11 is 0. The summed E-state index contributed by atoms with van der Waals surface area (Å²) in [5.74, 6) is 0.733. The summed E-state index contributed by atoms with van der Waals surface area (Å²) in [6.45, 7) is 2.62. The highest BCUT2D eigenvalue weighted by Crippen LogP contribution is 2.24. The lowest BCUT2D eigenvalue weighted by Gasteiger charge is -2.31. The van der Waals surface area contributed by atoms with Gasteiger partial charge in [0.2, 0.25) is 0 Å². The molecular formula is C11H22N2O. The third-order valence-corrected chi connectivity index (χ3v) is 3.37.